The van der Waals surface area contributed by atoms with Crippen LogP contribution in [-0.2, 0) is 0 Å². The fraction of sp³-hybridized carbons (Fsp3) is 0.200. The number of halogens is 2. The molecule has 0 aliphatic rings. The van der Waals surface area contributed by atoms with Gasteiger partial charge in [-0.1, -0.05) is 27.7 Å². The lowest BCUT2D eigenvalue weighted by atomic mass is 10.3. The molecule has 4 nitrogen and oxygen atoms in total. The molecule has 0 atom stereocenters. The predicted octanol–water partition coefficient (Wildman–Crippen LogP) is 2.88. The quantitative estimate of drug-likeness (QED) is 0.680. The molecule has 0 saturated heterocycles. The highest BCUT2D eigenvalue weighted by Gasteiger charge is 2.01. The molecule has 1 aromatic carbocycles. The fourth-order valence-electron chi connectivity index (χ4n) is 1.17. The van der Waals surface area contributed by atoms with Gasteiger partial charge in [0.2, 0.25) is 0 Å². The van der Waals surface area contributed by atoms with Crippen LogP contribution in [-0.4, -0.2) is 27.5 Å². The van der Waals surface area contributed by atoms with Crippen LogP contribution >= 0.6 is 27.7 Å². The van der Waals surface area contributed by atoms with E-state index in [0.717, 1.165) is 5.16 Å². The van der Waals surface area contributed by atoms with E-state index in [-0.39, 0.29) is 5.82 Å². The molecule has 0 saturated carbocycles. The minimum Gasteiger partial charge on any atom is -0.493 e. The van der Waals surface area contributed by atoms with E-state index in [0.29, 0.717) is 22.6 Å². The molecular formula is C10H9BrFN3OS. The van der Waals surface area contributed by atoms with E-state index < -0.39 is 0 Å². The number of rotatable bonds is 5. The maximum absolute atomic E-state index is 13.0. The van der Waals surface area contributed by atoms with Gasteiger partial charge in [-0.05, 0) is 12.1 Å². The first kappa shape index (κ1) is 12.4. The molecule has 1 aromatic heterocycles. The number of aromatic nitrogens is 3. The smallest absolute Gasteiger partial charge is 0.183 e. The molecule has 7 heteroatoms. The van der Waals surface area contributed by atoms with Crippen LogP contribution in [0, 0.1) is 5.82 Å². The molecule has 2 aromatic rings. The molecule has 1 N–H and O–H groups in total. The van der Waals surface area contributed by atoms with E-state index in [1.807, 2.05) is 0 Å². The Kier molecular flexibility index (Phi) is 4.38. The second kappa shape index (κ2) is 6.02. The highest BCUT2D eigenvalue weighted by molar-refractivity contribution is 9.10. The van der Waals surface area contributed by atoms with E-state index >= 15 is 0 Å². The van der Waals surface area contributed by atoms with Crippen molar-refractivity contribution in [2.24, 2.45) is 0 Å². The topological polar surface area (TPSA) is 50.8 Å². The normalized spacial score (nSPS) is 10.5. The molecule has 0 aliphatic heterocycles. The van der Waals surface area contributed by atoms with E-state index in [9.17, 15) is 4.39 Å². The highest BCUT2D eigenvalue weighted by atomic mass is 79.9. The Morgan fingerprint density at radius 3 is 3.00 bits per heavy atom. The van der Waals surface area contributed by atoms with Gasteiger partial charge in [-0.3, -0.25) is 5.10 Å². The number of hydrogen-bond acceptors (Lipinski definition) is 4. The minimum atomic E-state index is -0.322. The van der Waals surface area contributed by atoms with Gasteiger partial charge in [-0.15, -0.1) is 0 Å². The summed E-state index contributed by atoms with van der Waals surface area (Å²) in [6.07, 6.45) is 1.45. The van der Waals surface area contributed by atoms with Crippen molar-refractivity contribution in [2.45, 2.75) is 5.16 Å². The standard InChI is InChI=1S/C10H9BrFN3OS/c11-7-3-8(12)5-9(4-7)16-1-2-17-10-13-6-14-15-10/h3-6H,1-2H2,(H,13,14,15). The molecule has 17 heavy (non-hydrogen) atoms. The number of nitrogens with zero attached hydrogens (tertiary/aromatic N) is 2. The number of ether oxygens (including phenoxy) is 1. The zero-order valence-corrected chi connectivity index (χ0v) is 11.1. The van der Waals surface area contributed by atoms with Crippen LogP contribution in [0.4, 0.5) is 4.39 Å². The summed E-state index contributed by atoms with van der Waals surface area (Å²) in [4.78, 5) is 3.96. The Balaban J connectivity index is 1.78. The van der Waals surface area contributed by atoms with Crippen molar-refractivity contribution in [3.63, 3.8) is 0 Å². The summed E-state index contributed by atoms with van der Waals surface area (Å²) in [6.45, 7) is 0.473. The van der Waals surface area contributed by atoms with Gasteiger partial charge in [-0.2, -0.15) is 5.10 Å². The summed E-state index contributed by atoms with van der Waals surface area (Å²) in [6, 6.07) is 4.46. The molecule has 0 bridgehead atoms. The highest BCUT2D eigenvalue weighted by Crippen LogP contribution is 2.21. The first-order chi connectivity index (χ1) is 8.24. The minimum absolute atomic E-state index is 0.322. The predicted molar refractivity (Wildman–Crippen MR) is 66.7 cm³/mol. The summed E-state index contributed by atoms with van der Waals surface area (Å²) < 4.78 is 19.1. The molecule has 1 heterocycles. The van der Waals surface area contributed by atoms with E-state index in [4.69, 9.17) is 4.74 Å². The largest absolute Gasteiger partial charge is 0.493 e. The molecular weight excluding hydrogens is 309 g/mol. The Labute approximate surface area is 110 Å². The van der Waals surface area contributed by atoms with Gasteiger partial charge in [0.05, 0.1) is 6.61 Å². The van der Waals surface area contributed by atoms with E-state index in [1.54, 1.807) is 6.07 Å². The van der Waals surface area contributed by atoms with Gasteiger partial charge < -0.3 is 4.74 Å². The zero-order chi connectivity index (χ0) is 12.1. The van der Waals surface area contributed by atoms with Crippen molar-refractivity contribution in [1.82, 2.24) is 15.2 Å². The summed E-state index contributed by atoms with van der Waals surface area (Å²) in [5.74, 6) is 0.899. The molecule has 2 rings (SSSR count). The van der Waals surface area contributed by atoms with Crippen molar-refractivity contribution >= 4 is 27.7 Å². The maximum atomic E-state index is 13.0. The summed E-state index contributed by atoms with van der Waals surface area (Å²) >= 11 is 4.70. The van der Waals surface area contributed by atoms with Crippen LogP contribution in [0.15, 0.2) is 34.2 Å². The van der Waals surface area contributed by atoms with Crippen LogP contribution in [0.25, 0.3) is 0 Å². The summed E-state index contributed by atoms with van der Waals surface area (Å²) in [5.41, 5.74) is 0. The van der Waals surface area contributed by atoms with Crippen molar-refractivity contribution in [3.8, 4) is 5.75 Å². The van der Waals surface area contributed by atoms with Gasteiger partial charge in [-0.25, -0.2) is 9.37 Å². The first-order valence-electron chi connectivity index (χ1n) is 4.81. The molecule has 0 unspecified atom stereocenters. The van der Waals surface area contributed by atoms with Crippen molar-refractivity contribution in [1.29, 1.82) is 0 Å². The molecule has 0 spiro atoms. The van der Waals surface area contributed by atoms with Crippen LogP contribution < -0.4 is 4.74 Å². The van der Waals surface area contributed by atoms with Gasteiger partial charge in [0.1, 0.15) is 17.9 Å². The second-order valence-corrected chi connectivity index (χ2v) is 5.09. The number of aromatic amines is 1. The lowest BCUT2D eigenvalue weighted by Crippen LogP contribution is -2.00. The Morgan fingerprint density at radius 1 is 1.41 bits per heavy atom. The number of thioether (sulfide) groups is 1. The van der Waals surface area contributed by atoms with Gasteiger partial charge in [0.15, 0.2) is 5.16 Å². The Bertz CT molecular complexity index is 460. The molecule has 0 fully saturated rings. The zero-order valence-electron chi connectivity index (χ0n) is 8.69. The number of hydrogen-bond donors (Lipinski definition) is 1. The number of nitrogens with one attached hydrogen (secondary N) is 1. The molecule has 0 aliphatic carbocycles. The average Bonchev–Trinajstić information content (AvgIpc) is 2.76. The summed E-state index contributed by atoms with van der Waals surface area (Å²) in [5, 5.41) is 7.21. The SMILES string of the molecule is Fc1cc(Br)cc(OCCSc2ncn[nH]2)c1. The third-order valence-corrected chi connectivity index (χ3v) is 3.12. The van der Waals surface area contributed by atoms with Gasteiger partial charge in [0, 0.05) is 16.3 Å². The monoisotopic (exact) mass is 317 g/mol. The Hall–Kier alpha value is -1.08. The van der Waals surface area contributed by atoms with Crippen LogP contribution in [0.5, 0.6) is 5.75 Å². The van der Waals surface area contributed by atoms with Crippen LogP contribution in [0.1, 0.15) is 0 Å². The van der Waals surface area contributed by atoms with E-state index in [1.165, 1.54) is 30.2 Å². The molecule has 0 amide bonds. The third kappa shape index (κ3) is 4.01. The second-order valence-electron chi connectivity index (χ2n) is 3.09. The van der Waals surface area contributed by atoms with Crippen LogP contribution in [0.2, 0.25) is 0 Å². The maximum Gasteiger partial charge on any atom is 0.183 e. The third-order valence-electron chi connectivity index (χ3n) is 1.82. The van der Waals surface area contributed by atoms with Gasteiger partial charge >= 0.3 is 0 Å². The van der Waals surface area contributed by atoms with Crippen molar-refractivity contribution < 1.29 is 9.13 Å². The Morgan fingerprint density at radius 2 is 2.29 bits per heavy atom. The van der Waals surface area contributed by atoms with Crippen molar-refractivity contribution in [3.05, 3.63) is 34.8 Å². The molecule has 90 valence electrons. The number of benzene rings is 1. The lowest BCUT2D eigenvalue weighted by Gasteiger charge is -2.05. The average molecular weight is 318 g/mol. The molecule has 0 radical (unpaired) electrons. The fourth-order valence-corrected chi connectivity index (χ4v) is 2.22. The van der Waals surface area contributed by atoms with Crippen molar-refractivity contribution in [2.75, 3.05) is 12.4 Å². The lowest BCUT2D eigenvalue weighted by molar-refractivity contribution is 0.341. The first-order valence-corrected chi connectivity index (χ1v) is 6.59. The summed E-state index contributed by atoms with van der Waals surface area (Å²) in [7, 11) is 0. The number of H-pyrrole nitrogens is 1. The van der Waals surface area contributed by atoms with Gasteiger partial charge in [0.25, 0.3) is 0 Å². The van der Waals surface area contributed by atoms with Crippen LogP contribution in [0.3, 0.4) is 0 Å². The van der Waals surface area contributed by atoms with E-state index in [2.05, 4.69) is 31.1 Å².